The number of hydrogen-bond acceptors (Lipinski definition) is 5. The van der Waals surface area contributed by atoms with Crippen LogP contribution in [0.4, 0.5) is 11.4 Å². The molecule has 1 fully saturated rings. The fourth-order valence-electron chi connectivity index (χ4n) is 3.74. The average Bonchev–Trinajstić information content (AvgIpc) is 2.87. The maximum atomic E-state index is 13.0. The number of nitrogens with zero attached hydrogens (tertiary/aromatic N) is 3. The SMILES string of the molecule is CN(C)c1cccc(OCC(=O)N2CCN3C(=O)c4cc(Br)ccc4NC(=O)C3C2)c1. The molecular weight excluding hydrogens is 464 g/mol. The summed E-state index contributed by atoms with van der Waals surface area (Å²) >= 11 is 3.37. The summed E-state index contributed by atoms with van der Waals surface area (Å²) in [4.78, 5) is 43.6. The summed E-state index contributed by atoms with van der Waals surface area (Å²) in [5.41, 5.74) is 1.89. The first-order valence-electron chi connectivity index (χ1n) is 9.93. The molecule has 0 radical (unpaired) electrons. The minimum Gasteiger partial charge on any atom is -0.484 e. The number of nitrogens with one attached hydrogen (secondary N) is 1. The smallest absolute Gasteiger partial charge is 0.260 e. The van der Waals surface area contributed by atoms with Gasteiger partial charge in [-0.1, -0.05) is 22.0 Å². The molecule has 0 spiro atoms. The quantitative estimate of drug-likeness (QED) is 0.716. The maximum absolute atomic E-state index is 13.0. The first kappa shape index (κ1) is 21.2. The van der Waals surface area contributed by atoms with Crippen molar-refractivity contribution >= 4 is 45.0 Å². The topological polar surface area (TPSA) is 82.2 Å². The number of carbonyl (C=O) groups is 3. The van der Waals surface area contributed by atoms with Gasteiger partial charge in [-0.25, -0.2) is 0 Å². The number of piperazine rings is 1. The van der Waals surface area contributed by atoms with Crippen molar-refractivity contribution in [3.8, 4) is 5.75 Å². The number of ether oxygens (including phenoxy) is 1. The van der Waals surface area contributed by atoms with Crippen molar-refractivity contribution in [3.63, 3.8) is 0 Å². The Balaban J connectivity index is 1.44. The van der Waals surface area contributed by atoms with Crippen LogP contribution in [0.1, 0.15) is 10.4 Å². The van der Waals surface area contributed by atoms with Crippen molar-refractivity contribution in [2.75, 3.05) is 50.6 Å². The van der Waals surface area contributed by atoms with E-state index in [1.54, 1.807) is 34.1 Å². The van der Waals surface area contributed by atoms with E-state index in [0.29, 0.717) is 23.5 Å². The highest BCUT2D eigenvalue weighted by atomic mass is 79.9. The van der Waals surface area contributed by atoms with Gasteiger partial charge in [0.15, 0.2) is 6.61 Å². The molecule has 1 N–H and O–H groups in total. The van der Waals surface area contributed by atoms with Gasteiger partial charge in [0.2, 0.25) is 5.91 Å². The van der Waals surface area contributed by atoms with E-state index in [2.05, 4.69) is 21.2 Å². The van der Waals surface area contributed by atoms with Crippen LogP contribution in [0, 0.1) is 0 Å². The number of hydrogen-bond donors (Lipinski definition) is 1. The normalized spacial score (nSPS) is 18.0. The predicted molar refractivity (Wildman–Crippen MR) is 120 cm³/mol. The molecule has 0 aromatic heterocycles. The zero-order chi connectivity index (χ0) is 22.1. The monoisotopic (exact) mass is 486 g/mol. The van der Waals surface area contributed by atoms with E-state index in [1.165, 1.54) is 0 Å². The Morgan fingerprint density at radius 2 is 2.00 bits per heavy atom. The molecule has 1 saturated heterocycles. The van der Waals surface area contributed by atoms with Crippen LogP contribution in [0.3, 0.4) is 0 Å². The fourth-order valence-corrected chi connectivity index (χ4v) is 4.10. The van der Waals surface area contributed by atoms with Gasteiger partial charge in [0.1, 0.15) is 11.8 Å². The van der Waals surface area contributed by atoms with Crippen LogP contribution < -0.4 is 15.0 Å². The van der Waals surface area contributed by atoms with Crippen LogP contribution in [0.25, 0.3) is 0 Å². The molecular formula is C22H23BrN4O4. The molecule has 2 aliphatic heterocycles. The second kappa shape index (κ2) is 8.58. The first-order valence-corrected chi connectivity index (χ1v) is 10.7. The molecule has 2 aromatic rings. The van der Waals surface area contributed by atoms with Crippen LogP contribution in [0.15, 0.2) is 46.9 Å². The van der Waals surface area contributed by atoms with Crippen LogP contribution in [-0.2, 0) is 9.59 Å². The van der Waals surface area contributed by atoms with Gasteiger partial charge < -0.3 is 24.8 Å². The lowest BCUT2D eigenvalue weighted by Crippen LogP contribution is -2.60. The van der Waals surface area contributed by atoms with Crippen LogP contribution in [0.2, 0.25) is 0 Å². The van der Waals surface area contributed by atoms with Gasteiger partial charge in [-0.2, -0.15) is 0 Å². The number of amides is 3. The number of carbonyl (C=O) groups excluding carboxylic acids is 3. The lowest BCUT2D eigenvalue weighted by Gasteiger charge is -2.39. The Morgan fingerprint density at radius 3 is 2.77 bits per heavy atom. The molecule has 2 aromatic carbocycles. The molecule has 9 heteroatoms. The fraction of sp³-hybridized carbons (Fsp3) is 0.318. The minimum atomic E-state index is -0.742. The lowest BCUT2D eigenvalue weighted by molar-refractivity contribution is -0.137. The molecule has 162 valence electrons. The third kappa shape index (κ3) is 4.36. The van der Waals surface area contributed by atoms with Gasteiger partial charge in [0, 0.05) is 43.4 Å². The zero-order valence-electron chi connectivity index (χ0n) is 17.3. The average molecular weight is 487 g/mol. The van der Waals surface area contributed by atoms with Crippen molar-refractivity contribution in [3.05, 3.63) is 52.5 Å². The number of benzene rings is 2. The summed E-state index contributed by atoms with van der Waals surface area (Å²) in [7, 11) is 3.86. The number of fused-ring (bicyclic) bond motifs is 2. The van der Waals surface area contributed by atoms with Crippen molar-refractivity contribution in [1.82, 2.24) is 9.80 Å². The van der Waals surface area contributed by atoms with E-state index in [0.717, 1.165) is 10.2 Å². The second-order valence-corrected chi connectivity index (χ2v) is 8.63. The molecule has 8 nitrogen and oxygen atoms in total. The van der Waals surface area contributed by atoms with E-state index in [4.69, 9.17) is 4.74 Å². The Labute approximate surface area is 188 Å². The van der Waals surface area contributed by atoms with E-state index in [-0.39, 0.29) is 37.4 Å². The Morgan fingerprint density at radius 1 is 1.19 bits per heavy atom. The summed E-state index contributed by atoms with van der Waals surface area (Å²) in [6, 6.07) is 11.9. The van der Waals surface area contributed by atoms with Gasteiger partial charge in [0.05, 0.1) is 17.8 Å². The molecule has 4 rings (SSSR count). The van der Waals surface area contributed by atoms with Gasteiger partial charge in [-0.05, 0) is 30.3 Å². The van der Waals surface area contributed by atoms with Crippen LogP contribution in [0.5, 0.6) is 5.75 Å². The Bertz CT molecular complexity index is 1040. The van der Waals surface area contributed by atoms with E-state index in [1.807, 2.05) is 37.2 Å². The maximum Gasteiger partial charge on any atom is 0.260 e. The highest BCUT2D eigenvalue weighted by Gasteiger charge is 2.40. The number of halogens is 1. The van der Waals surface area contributed by atoms with Crippen LogP contribution >= 0.6 is 15.9 Å². The number of anilines is 2. The van der Waals surface area contributed by atoms with Crippen molar-refractivity contribution in [1.29, 1.82) is 0 Å². The first-order chi connectivity index (χ1) is 14.8. The Hall–Kier alpha value is -3.07. The largest absolute Gasteiger partial charge is 0.484 e. The third-order valence-electron chi connectivity index (χ3n) is 5.46. The minimum absolute atomic E-state index is 0.132. The van der Waals surface area contributed by atoms with Crippen molar-refractivity contribution in [2.45, 2.75) is 6.04 Å². The highest BCUT2D eigenvalue weighted by Crippen LogP contribution is 2.28. The van der Waals surface area contributed by atoms with Crippen molar-refractivity contribution < 1.29 is 19.1 Å². The van der Waals surface area contributed by atoms with Gasteiger partial charge in [-0.3, -0.25) is 14.4 Å². The highest BCUT2D eigenvalue weighted by molar-refractivity contribution is 9.10. The summed E-state index contributed by atoms with van der Waals surface area (Å²) in [6.07, 6.45) is 0. The van der Waals surface area contributed by atoms with Gasteiger partial charge >= 0.3 is 0 Å². The number of rotatable bonds is 4. The van der Waals surface area contributed by atoms with E-state index < -0.39 is 6.04 Å². The molecule has 1 unspecified atom stereocenters. The lowest BCUT2D eigenvalue weighted by atomic mass is 10.1. The van der Waals surface area contributed by atoms with Gasteiger partial charge in [0.25, 0.3) is 11.8 Å². The molecule has 1 atom stereocenters. The van der Waals surface area contributed by atoms with Gasteiger partial charge in [-0.15, -0.1) is 0 Å². The summed E-state index contributed by atoms with van der Waals surface area (Å²) in [5.74, 6) is -0.142. The third-order valence-corrected chi connectivity index (χ3v) is 5.96. The summed E-state index contributed by atoms with van der Waals surface area (Å²) in [6.45, 7) is 0.627. The predicted octanol–water partition coefficient (Wildman–Crippen LogP) is 2.20. The molecule has 0 aliphatic carbocycles. The van der Waals surface area contributed by atoms with Crippen molar-refractivity contribution in [2.24, 2.45) is 0 Å². The molecule has 2 aliphatic rings. The zero-order valence-corrected chi connectivity index (χ0v) is 18.9. The van der Waals surface area contributed by atoms with E-state index >= 15 is 0 Å². The standard InChI is InChI=1S/C22H23BrN4O4/c1-25(2)15-4-3-5-16(11-15)31-13-20(28)26-8-9-27-19(12-26)21(29)24-18-7-6-14(23)10-17(18)22(27)30/h3-7,10-11,19H,8-9,12-13H2,1-2H3,(H,24,29). The summed E-state index contributed by atoms with van der Waals surface area (Å²) < 4.78 is 6.44. The molecule has 31 heavy (non-hydrogen) atoms. The molecule has 2 heterocycles. The summed E-state index contributed by atoms with van der Waals surface area (Å²) in [5, 5.41) is 2.82. The molecule has 0 bridgehead atoms. The molecule has 0 saturated carbocycles. The van der Waals surface area contributed by atoms with E-state index in [9.17, 15) is 14.4 Å². The van der Waals surface area contributed by atoms with Crippen LogP contribution in [-0.4, -0.2) is 73.9 Å². The molecule has 3 amide bonds. The second-order valence-electron chi connectivity index (χ2n) is 7.71. The Kier molecular flexibility index (Phi) is 5.86.